The summed E-state index contributed by atoms with van der Waals surface area (Å²) >= 11 is 0. The number of ether oxygens (including phenoxy) is 3. The number of methoxy groups -OCH3 is 1. The number of carbonyl (C=O) groups excluding carboxylic acids is 4. The van der Waals surface area contributed by atoms with Crippen LogP contribution in [0.25, 0.3) is 10.8 Å². The van der Waals surface area contributed by atoms with Crippen molar-refractivity contribution in [2.24, 2.45) is 11.3 Å². The Hall–Kier alpha value is -4.22. The molecule has 3 fully saturated rings. The van der Waals surface area contributed by atoms with Crippen LogP contribution in [0.3, 0.4) is 0 Å². The van der Waals surface area contributed by atoms with Crippen molar-refractivity contribution in [3.05, 3.63) is 30.5 Å². The lowest BCUT2D eigenvalue weighted by molar-refractivity contribution is -0.143. The molecule has 2 aromatic rings. The Morgan fingerprint density at radius 2 is 1.78 bits per heavy atom. The molecule has 5 rings (SSSR count). The predicted molar refractivity (Wildman–Crippen MR) is 203 cm³/mol. The zero-order valence-electron chi connectivity index (χ0n) is 33.5. The molecule has 0 spiro atoms. The maximum absolute atomic E-state index is 14.6. The number of alkyl carbamates (subject to hydrolysis) is 1. The highest BCUT2D eigenvalue weighted by Crippen LogP contribution is 2.47. The van der Waals surface area contributed by atoms with Crippen molar-refractivity contribution >= 4 is 44.9 Å². The fraction of sp³-hybridized carbons (Fsp3) is 0.658. The lowest BCUT2D eigenvalue weighted by Gasteiger charge is -2.36. The number of aromatic nitrogens is 1. The van der Waals surface area contributed by atoms with Gasteiger partial charge in [-0.1, -0.05) is 34.1 Å². The van der Waals surface area contributed by atoms with Crippen LogP contribution < -0.4 is 24.8 Å². The number of carbonyl (C=O) groups is 4. The topological polar surface area (TPSA) is 195 Å². The SMILES string of the molecule is CCC1CC1(NC(=O)C1C[C@@H](Oc2nccc3cc(OC)ccc23)CN1C(=O)C(NC(=O)OC(C)(C)CN(C)C)C(C)(C)C)C(=O)NS(=O)(=O)OC1(C)CC1. The van der Waals surface area contributed by atoms with E-state index in [4.69, 9.17) is 18.4 Å². The van der Waals surface area contributed by atoms with Gasteiger partial charge in [0.1, 0.15) is 35.1 Å². The van der Waals surface area contributed by atoms with Crippen molar-refractivity contribution in [1.29, 1.82) is 0 Å². The van der Waals surface area contributed by atoms with Gasteiger partial charge < -0.3 is 34.6 Å². The molecule has 2 saturated carbocycles. The van der Waals surface area contributed by atoms with Gasteiger partial charge in [-0.05, 0) is 95.1 Å². The molecule has 1 aromatic heterocycles. The Morgan fingerprint density at radius 1 is 1.09 bits per heavy atom. The van der Waals surface area contributed by atoms with E-state index in [-0.39, 0.29) is 31.2 Å². The molecule has 17 heteroatoms. The van der Waals surface area contributed by atoms with Gasteiger partial charge in [0.2, 0.25) is 17.7 Å². The molecule has 2 aliphatic carbocycles. The van der Waals surface area contributed by atoms with Crippen LogP contribution in [0.4, 0.5) is 4.79 Å². The second kappa shape index (κ2) is 15.4. The smallest absolute Gasteiger partial charge is 0.408 e. The number of pyridine rings is 1. The summed E-state index contributed by atoms with van der Waals surface area (Å²) in [6.07, 6.45) is 1.81. The molecule has 55 heavy (non-hydrogen) atoms. The first kappa shape index (κ1) is 41.9. The van der Waals surface area contributed by atoms with Crippen LogP contribution in [0.15, 0.2) is 30.5 Å². The summed E-state index contributed by atoms with van der Waals surface area (Å²) in [5.74, 6) is -1.57. The second-order valence-electron chi connectivity index (χ2n) is 17.2. The number of fused-ring (bicyclic) bond motifs is 1. The average Bonchev–Trinajstić information content (AvgIpc) is 3.93. The summed E-state index contributed by atoms with van der Waals surface area (Å²) < 4.78 is 50.3. The molecule has 304 valence electrons. The van der Waals surface area contributed by atoms with Gasteiger partial charge in [0, 0.05) is 24.5 Å². The number of likely N-dealkylation sites (N-methyl/N-ethyl adjacent to an activating group) is 1. The Balaban J connectivity index is 1.43. The molecule has 4 amide bonds. The van der Waals surface area contributed by atoms with Crippen LogP contribution in [0, 0.1) is 11.3 Å². The normalized spacial score (nSPS) is 23.8. The maximum atomic E-state index is 14.6. The van der Waals surface area contributed by atoms with Crippen LogP contribution in [-0.4, -0.2) is 116 Å². The first-order valence-electron chi connectivity index (χ1n) is 18.6. The van der Waals surface area contributed by atoms with Gasteiger partial charge in [-0.3, -0.25) is 14.4 Å². The number of hydrogen-bond acceptors (Lipinski definition) is 12. The molecule has 0 bridgehead atoms. The third-order valence-corrected chi connectivity index (χ3v) is 11.4. The van der Waals surface area contributed by atoms with E-state index in [1.54, 1.807) is 60.9 Å². The Labute approximate surface area is 323 Å². The molecule has 1 aromatic carbocycles. The number of likely N-dealkylation sites (tertiary alicyclic amines) is 1. The predicted octanol–water partition coefficient (Wildman–Crippen LogP) is 3.29. The summed E-state index contributed by atoms with van der Waals surface area (Å²) in [4.78, 5) is 63.6. The molecular formula is C38H56N6O10S. The summed E-state index contributed by atoms with van der Waals surface area (Å²) in [5, 5.41) is 7.07. The lowest BCUT2D eigenvalue weighted by Crippen LogP contribution is -2.60. The van der Waals surface area contributed by atoms with E-state index in [1.165, 1.54) is 4.90 Å². The number of benzene rings is 1. The molecule has 4 unspecified atom stereocenters. The molecule has 3 N–H and O–H groups in total. The highest BCUT2D eigenvalue weighted by Gasteiger charge is 2.62. The third-order valence-electron chi connectivity index (χ3n) is 10.3. The van der Waals surface area contributed by atoms with E-state index in [9.17, 15) is 27.6 Å². The van der Waals surface area contributed by atoms with Gasteiger partial charge in [-0.15, -0.1) is 0 Å². The first-order chi connectivity index (χ1) is 25.5. The van der Waals surface area contributed by atoms with Gasteiger partial charge in [-0.25, -0.2) is 18.7 Å². The summed E-state index contributed by atoms with van der Waals surface area (Å²) in [6.45, 7) is 12.7. The minimum atomic E-state index is -4.46. The molecule has 5 atom stereocenters. The maximum Gasteiger partial charge on any atom is 0.408 e. The number of rotatable bonds is 15. The Kier molecular flexibility index (Phi) is 11.7. The monoisotopic (exact) mass is 788 g/mol. The zero-order valence-corrected chi connectivity index (χ0v) is 34.3. The third kappa shape index (κ3) is 9.97. The van der Waals surface area contributed by atoms with Crippen molar-refractivity contribution in [3.8, 4) is 11.6 Å². The fourth-order valence-corrected chi connectivity index (χ4v) is 8.40. The molecule has 0 radical (unpaired) electrons. The number of amides is 4. The van der Waals surface area contributed by atoms with Crippen molar-refractivity contribution in [2.45, 2.75) is 115 Å². The Bertz CT molecular complexity index is 1910. The van der Waals surface area contributed by atoms with Crippen molar-refractivity contribution < 1.29 is 46.0 Å². The number of hydrogen-bond donors (Lipinski definition) is 3. The van der Waals surface area contributed by atoms with Gasteiger partial charge in [0.15, 0.2) is 0 Å². The van der Waals surface area contributed by atoms with Gasteiger partial charge in [-0.2, -0.15) is 8.42 Å². The van der Waals surface area contributed by atoms with Crippen molar-refractivity contribution in [3.63, 3.8) is 0 Å². The van der Waals surface area contributed by atoms with Gasteiger partial charge in [0.25, 0.3) is 5.91 Å². The molecular weight excluding hydrogens is 733 g/mol. The van der Waals surface area contributed by atoms with Gasteiger partial charge >= 0.3 is 16.4 Å². The van der Waals surface area contributed by atoms with Gasteiger partial charge in [0.05, 0.1) is 19.3 Å². The molecule has 1 aliphatic heterocycles. The summed E-state index contributed by atoms with van der Waals surface area (Å²) in [5.41, 5.74) is -4.13. The Morgan fingerprint density at radius 3 is 2.36 bits per heavy atom. The largest absolute Gasteiger partial charge is 0.497 e. The van der Waals surface area contributed by atoms with E-state index in [2.05, 4.69) is 15.6 Å². The van der Waals surface area contributed by atoms with Crippen LogP contribution in [-0.2, 0) is 33.6 Å². The number of nitrogens with zero attached hydrogens (tertiary/aromatic N) is 3. The minimum Gasteiger partial charge on any atom is -0.497 e. The molecule has 2 heterocycles. The second-order valence-corrected chi connectivity index (χ2v) is 18.5. The highest BCUT2D eigenvalue weighted by molar-refractivity contribution is 7.85. The number of nitrogens with one attached hydrogen (secondary N) is 3. The zero-order chi connectivity index (χ0) is 40.7. The minimum absolute atomic E-state index is 0.0111. The first-order valence-corrected chi connectivity index (χ1v) is 20.0. The molecule has 3 aliphatic rings. The van der Waals surface area contributed by atoms with Crippen LogP contribution in [0.5, 0.6) is 11.6 Å². The standard InChI is InChI=1S/C38H56N6O10S/c1-11-24-20-38(24,33(47)42-55(49,50)54-37(7)15-16-37)41-30(45)28-19-26(52-31-27-13-12-25(51-10)18-23(27)14-17-39-31)21-44(28)32(46)29(35(2,3)4)40-34(48)53-36(5,6)22-43(8)9/h12-14,17-18,24,26,28-29H,11,15-16,19-22H2,1-10H3,(H,40,48)(H,41,45)(H,42,47)/t24?,26-,28?,29?,38?/m1/s1. The molecule has 16 nitrogen and oxygen atoms in total. The summed E-state index contributed by atoms with van der Waals surface area (Å²) in [7, 11) is 0.813. The van der Waals surface area contributed by atoms with Crippen LogP contribution in [0.1, 0.15) is 80.6 Å². The van der Waals surface area contributed by atoms with Crippen LogP contribution >= 0.6 is 0 Å². The molecule has 1 saturated heterocycles. The van der Waals surface area contributed by atoms with E-state index >= 15 is 0 Å². The average molecular weight is 789 g/mol. The highest BCUT2D eigenvalue weighted by atomic mass is 32.2. The van der Waals surface area contributed by atoms with E-state index in [0.717, 1.165) is 5.39 Å². The van der Waals surface area contributed by atoms with Crippen LogP contribution in [0.2, 0.25) is 0 Å². The van der Waals surface area contributed by atoms with E-state index in [1.807, 2.05) is 48.8 Å². The fourth-order valence-electron chi connectivity index (χ4n) is 7.25. The van der Waals surface area contributed by atoms with Crippen molar-refractivity contribution in [1.82, 2.24) is 30.1 Å². The van der Waals surface area contributed by atoms with E-state index < -0.39 is 74.5 Å². The van der Waals surface area contributed by atoms with Crippen molar-refractivity contribution in [2.75, 3.05) is 34.3 Å². The summed E-state index contributed by atoms with van der Waals surface area (Å²) in [6, 6.07) is 4.93. The van der Waals surface area contributed by atoms with E-state index in [0.29, 0.717) is 36.9 Å². The lowest BCUT2D eigenvalue weighted by atomic mass is 9.85. The quantitative estimate of drug-likeness (QED) is 0.239.